The van der Waals surface area contributed by atoms with Crippen molar-refractivity contribution in [2.24, 2.45) is 4.99 Å². The Morgan fingerprint density at radius 1 is 1.40 bits per heavy atom. The van der Waals surface area contributed by atoms with Crippen LogP contribution in [0.4, 0.5) is 0 Å². The van der Waals surface area contributed by atoms with Crippen LogP contribution >= 0.6 is 23.2 Å². The Bertz CT molecular complexity index is 649. The Hall–Kier alpha value is -1.28. The summed E-state index contributed by atoms with van der Waals surface area (Å²) in [5, 5.41) is 11.9. The van der Waals surface area contributed by atoms with Gasteiger partial charge in [0, 0.05) is 0 Å². The van der Waals surface area contributed by atoms with E-state index < -0.39 is 0 Å². The van der Waals surface area contributed by atoms with Gasteiger partial charge >= 0.3 is 0 Å². The Morgan fingerprint density at radius 3 is 2.75 bits per heavy atom. The number of hydrogen-bond donors (Lipinski definition) is 0. The molecule has 6 heteroatoms. The van der Waals surface area contributed by atoms with E-state index in [1.165, 1.54) is 0 Å². The maximum Gasteiger partial charge on any atom is 0.244 e. The number of hydroxylamine groups is 2. The van der Waals surface area contributed by atoms with Crippen molar-refractivity contribution in [3.63, 3.8) is 0 Å². The van der Waals surface area contributed by atoms with Crippen LogP contribution in [0.3, 0.4) is 0 Å². The lowest BCUT2D eigenvalue weighted by molar-refractivity contribution is -0.125. The van der Waals surface area contributed by atoms with Crippen molar-refractivity contribution in [2.45, 2.75) is 38.4 Å². The van der Waals surface area contributed by atoms with Crippen molar-refractivity contribution >= 4 is 29.1 Å². The third-order valence-corrected chi connectivity index (χ3v) is 4.47. The number of halogens is 2. The average molecular weight is 310 g/mol. The maximum atomic E-state index is 9.22. The number of hydrogen-bond acceptors (Lipinski definition) is 4. The summed E-state index contributed by atoms with van der Waals surface area (Å²) in [6.45, 7) is 4.23. The molecule has 0 amide bonds. The van der Waals surface area contributed by atoms with Gasteiger partial charge in [-0.1, -0.05) is 23.2 Å². The number of rotatable bonds is 1. The van der Waals surface area contributed by atoms with Gasteiger partial charge in [0.05, 0.1) is 26.7 Å². The van der Waals surface area contributed by atoms with Gasteiger partial charge in [-0.3, -0.25) is 0 Å². The zero-order valence-corrected chi connectivity index (χ0v) is 12.7. The highest BCUT2D eigenvalue weighted by Gasteiger charge is 2.46. The van der Waals surface area contributed by atoms with Crippen molar-refractivity contribution < 1.29 is 4.84 Å². The van der Waals surface area contributed by atoms with Gasteiger partial charge in [0.1, 0.15) is 12.2 Å². The number of nitriles is 1. The molecule has 20 heavy (non-hydrogen) atoms. The van der Waals surface area contributed by atoms with Crippen molar-refractivity contribution in [1.82, 2.24) is 5.06 Å². The smallest absolute Gasteiger partial charge is 0.244 e. The van der Waals surface area contributed by atoms with E-state index in [0.29, 0.717) is 27.1 Å². The normalized spacial score (nSPS) is 23.9. The van der Waals surface area contributed by atoms with Crippen molar-refractivity contribution in [1.29, 1.82) is 5.26 Å². The van der Waals surface area contributed by atoms with Crippen LogP contribution in [-0.2, 0) is 4.84 Å². The summed E-state index contributed by atoms with van der Waals surface area (Å²) in [5.74, 6) is 0.442. The first-order valence-corrected chi connectivity index (χ1v) is 7.12. The number of benzene rings is 1. The van der Waals surface area contributed by atoms with Crippen molar-refractivity contribution in [3.8, 4) is 6.07 Å². The number of fused-ring (bicyclic) bond motifs is 1. The minimum atomic E-state index is -0.0566. The molecule has 1 saturated heterocycles. The monoisotopic (exact) mass is 309 g/mol. The second kappa shape index (κ2) is 4.63. The molecule has 1 aromatic carbocycles. The van der Waals surface area contributed by atoms with Crippen LogP contribution in [-0.4, -0.2) is 22.7 Å². The third-order valence-electron chi connectivity index (χ3n) is 3.74. The summed E-state index contributed by atoms with van der Waals surface area (Å²) in [6.07, 6.45) is 1.99. The molecule has 1 aromatic rings. The van der Waals surface area contributed by atoms with Gasteiger partial charge in [0.25, 0.3) is 0 Å². The first kappa shape index (κ1) is 13.7. The molecule has 0 radical (unpaired) electrons. The molecule has 2 aliphatic rings. The van der Waals surface area contributed by atoms with E-state index in [9.17, 15) is 5.26 Å². The van der Waals surface area contributed by atoms with Crippen LogP contribution in [0.1, 0.15) is 37.8 Å². The lowest BCUT2D eigenvalue weighted by atomic mass is 10.0. The van der Waals surface area contributed by atoms with E-state index in [1.807, 2.05) is 5.06 Å². The molecule has 1 unspecified atom stereocenters. The van der Waals surface area contributed by atoms with Crippen LogP contribution in [0.2, 0.25) is 10.0 Å². The largest absolute Gasteiger partial charge is 0.383 e. The van der Waals surface area contributed by atoms with E-state index >= 15 is 0 Å². The van der Waals surface area contributed by atoms with E-state index in [-0.39, 0.29) is 11.7 Å². The molecule has 0 saturated carbocycles. The Morgan fingerprint density at radius 2 is 2.10 bits per heavy atom. The summed E-state index contributed by atoms with van der Waals surface area (Å²) in [6, 6.07) is 5.28. The summed E-state index contributed by atoms with van der Waals surface area (Å²) in [5.41, 5.74) is 0.947. The van der Waals surface area contributed by atoms with E-state index in [4.69, 9.17) is 28.0 Å². The fourth-order valence-corrected chi connectivity index (χ4v) is 2.93. The summed E-state index contributed by atoms with van der Waals surface area (Å²) in [7, 11) is 0. The molecule has 0 bridgehead atoms. The molecule has 0 aromatic heterocycles. The van der Waals surface area contributed by atoms with E-state index in [1.54, 1.807) is 12.1 Å². The van der Waals surface area contributed by atoms with Crippen LogP contribution in [0.5, 0.6) is 0 Å². The molecular weight excluding hydrogens is 297 g/mol. The van der Waals surface area contributed by atoms with Crippen LogP contribution in [0, 0.1) is 11.3 Å². The minimum absolute atomic E-state index is 0.0148. The SMILES string of the molecule is CC1(C)CCC2N=C(c3cc(Cl)c(Cl)cc3C#N)ON21. The Balaban J connectivity index is 2.00. The third kappa shape index (κ3) is 2.07. The van der Waals surface area contributed by atoms with E-state index in [2.05, 4.69) is 24.9 Å². The topological polar surface area (TPSA) is 48.6 Å². The van der Waals surface area contributed by atoms with Crippen molar-refractivity contribution in [2.75, 3.05) is 0 Å². The average Bonchev–Trinajstić information content (AvgIpc) is 2.94. The highest BCUT2D eigenvalue weighted by atomic mass is 35.5. The van der Waals surface area contributed by atoms with Gasteiger partial charge in [-0.15, -0.1) is 5.06 Å². The van der Waals surface area contributed by atoms with Gasteiger partial charge in [0.15, 0.2) is 0 Å². The molecule has 0 N–H and O–H groups in total. The fourth-order valence-electron chi connectivity index (χ4n) is 2.60. The van der Waals surface area contributed by atoms with Crippen molar-refractivity contribution in [3.05, 3.63) is 33.3 Å². The van der Waals surface area contributed by atoms with Gasteiger partial charge in [-0.05, 0) is 38.8 Å². The number of nitrogens with zero attached hydrogens (tertiary/aromatic N) is 3. The van der Waals surface area contributed by atoms with Gasteiger partial charge in [-0.2, -0.15) is 5.26 Å². The van der Waals surface area contributed by atoms with Crippen LogP contribution in [0.25, 0.3) is 0 Å². The zero-order valence-electron chi connectivity index (χ0n) is 11.2. The lowest BCUT2D eigenvalue weighted by Gasteiger charge is -2.28. The Kier molecular flexibility index (Phi) is 3.17. The zero-order chi connectivity index (χ0) is 14.5. The lowest BCUT2D eigenvalue weighted by Crippen LogP contribution is -2.39. The maximum absolute atomic E-state index is 9.22. The predicted octanol–water partition coefficient (Wildman–Crippen LogP) is 3.76. The quantitative estimate of drug-likeness (QED) is 0.793. The standard InChI is InChI=1S/C14H13Cl2N3O/c1-14(2)4-3-12-18-13(20-19(12)14)9-6-11(16)10(15)5-8(9)7-17/h5-6,12H,3-4H2,1-2H3. The molecule has 0 aliphatic carbocycles. The molecule has 0 spiro atoms. The Labute approximate surface area is 127 Å². The van der Waals surface area contributed by atoms with Gasteiger partial charge < -0.3 is 4.84 Å². The summed E-state index contributed by atoms with van der Waals surface area (Å²) in [4.78, 5) is 10.4. The molecule has 1 atom stereocenters. The van der Waals surface area contributed by atoms with Crippen LogP contribution < -0.4 is 0 Å². The van der Waals surface area contributed by atoms with Gasteiger partial charge in [0.2, 0.25) is 5.90 Å². The fraction of sp³-hybridized carbons (Fsp3) is 0.429. The molecular formula is C14H13Cl2N3O. The second-order valence-corrected chi connectivity index (χ2v) is 6.42. The van der Waals surface area contributed by atoms with E-state index in [0.717, 1.165) is 12.8 Å². The highest BCUT2D eigenvalue weighted by Crippen LogP contribution is 2.39. The van der Waals surface area contributed by atoms with Crippen LogP contribution in [0.15, 0.2) is 17.1 Å². The predicted molar refractivity (Wildman–Crippen MR) is 77.7 cm³/mol. The number of aliphatic imine (C=N–C) groups is 1. The first-order valence-electron chi connectivity index (χ1n) is 6.37. The minimum Gasteiger partial charge on any atom is -0.383 e. The molecule has 1 fully saturated rings. The molecule has 3 rings (SSSR count). The summed E-state index contributed by atoms with van der Waals surface area (Å²) < 4.78 is 0. The first-order chi connectivity index (χ1) is 9.42. The molecule has 104 valence electrons. The van der Waals surface area contributed by atoms with Gasteiger partial charge in [-0.25, -0.2) is 4.99 Å². The molecule has 2 aliphatic heterocycles. The highest BCUT2D eigenvalue weighted by molar-refractivity contribution is 6.42. The molecule has 4 nitrogen and oxygen atoms in total. The summed E-state index contributed by atoms with van der Waals surface area (Å²) >= 11 is 12.0. The molecule has 2 heterocycles. The second-order valence-electron chi connectivity index (χ2n) is 5.61.